The van der Waals surface area contributed by atoms with E-state index >= 15 is 0 Å². The van der Waals surface area contributed by atoms with E-state index in [1.54, 1.807) is 25.5 Å². The molecule has 2 saturated heterocycles. The lowest BCUT2D eigenvalue weighted by Gasteiger charge is -2.42. The number of benzene rings is 1. The van der Waals surface area contributed by atoms with Gasteiger partial charge in [0.25, 0.3) is 0 Å². The highest BCUT2D eigenvalue weighted by Crippen LogP contribution is 2.41. The molecule has 0 aliphatic carbocycles. The van der Waals surface area contributed by atoms with Crippen LogP contribution in [0.2, 0.25) is 0 Å². The smallest absolute Gasteiger partial charge is 0.232 e. The number of aromatic nitrogens is 2. The van der Waals surface area contributed by atoms with E-state index in [9.17, 15) is 8.42 Å². The van der Waals surface area contributed by atoms with E-state index in [1.807, 2.05) is 19.1 Å². The Bertz CT molecular complexity index is 1640. The number of likely N-dealkylation sites (N-methyl/N-ethyl adjacent to an activating group) is 2. The number of methoxy groups -OCH3 is 1. The first-order chi connectivity index (χ1) is 22.9. The zero-order valence-electron chi connectivity index (χ0n) is 28.5. The minimum Gasteiger partial charge on any atom is -0.498 e. The lowest BCUT2D eigenvalue weighted by molar-refractivity contribution is 0.0981. The molecule has 262 valence electrons. The van der Waals surface area contributed by atoms with Crippen LogP contribution in [0, 0.1) is 0 Å². The van der Waals surface area contributed by atoms with Crippen LogP contribution in [0.25, 0.3) is 0 Å². The van der Waals surface area contributed by atoms with Gasteiger partial charge in [-0.1, -0.05) is 6.58 Å². The average Bonchev–Trinajstić information content (AvgIpc) is 3.07. The number of halogens is 1. The van der Waals surface area contributed by atoms with E-state index in [0.717, 1.165) is 74.1 Å². The van der Waals surface area contributed by atoms with Crippen LogP contribution in [-0.4, -0.2) is 118 Å². The second kappa shape index (κ2) is 15.8. The van der Waals surface area contributed by atoms with Gasteiger partial charge in [0.1, 0.15) is 17.3 Å². The summed E-state index contributed by atoms with van der Waals surface area (Å²) in [5.74, 6) is 2.71. The summed E-state index contributed by atoms with van der Waals surface area (Å²) in [5, 5.41) is 6.52. The number of rotatable bonds is 6. The maximum absolute atomic E-state index is 12.3. The third-order valence-corrected chi connectivity index (χ3v) is 10.7. The molecule has 4 bridgehead atoms. The fraction of sp³-hybridized carbons (Fsp3) is 0.515. The monoisotopic (exact) mass is 746 g/mol. The van der Waals surface area contributed by atoms with Gasteiger partial charge in [0.15, 0.2) is 0 Å². The summed E-state index contributed by atoms with van der Waals surface area (Å²) >= 11 is 3.52. The van der Waals surface area contributed by atoms with Crippen molar-refractivity contribution in [2.45, 2.75) is 32.2 Å². The Morgan fingerprint density at radius 1 is 1.08 bits per heavy atom. The summed E-state index contributed by atoms with van der Waals surface area (Å²) < 4.78 is 44.6. The molecule has 0 atom stereocenters. The number of hydrogen-bond donors (Lipinski definition) is 2. The fourth-order valence-electron chi connectivity index (χ4n) is 5.90. The van der Waals surface area contributed by atoms with Crippen LogP contribution >= 0.6 is 15.9 Å². The van der Waals surface area contributed by atoms with Crippen LogP contribution in [0.5, 0.6) is 11.5 Å². The molecule has 2 fully saturated rings. The average molecular weight is 748 g/mol. The Kier molecular flexibility index (Phi) is 11.8. The third-order valence-electron chi connectivity index (χ3n) is 8.93. The summed E-state index contributed by atoms with van der Waals surface area (Å²) in [4.78, 5) is 16.6. The molecule has 0 unspecified atom stereocenters. The van der Waals surface area contributed by atoms with Crippen LogP contribution < -0.4 is 25.0 Å². The van der Waals surface area contributed by atoms with Gasteiger partial charge in [-0.15, -0.1) is 0 Å². The highest BCUT2D eigenvalue weighted by Gasteiger charge is 2.29. The standard InChI is InChI=1S/C33H47BrN8O5S/c1-23-8-9-27(24(2)40(4)48(6,43)44)36-32-26(34)22-35-33(38-32)37-28-20-31(47-19-7-18-46-23)29(21-30(28)45-5)42-12-10-25(11-13-42)41-16-14-39(3)15-17-41/h8-9,20-22,25H,2,7,10-19H2,1,3-6H3,(H2,35,36,37,38)/b23-8+,27-9+. The molecule has 1 aromatic carbocycles. The number of nitrogens with one attached hydrogen (secondary N) is 2. The number of hydrogen-bond acceptors (Lipinski definition) is 12. The van der Waals surface area contributed by atoms with Crippen molar-refractivity contribution < 1.29 is 22.6 Å². The first kappa shape index (κ1) is 35.8. The Labute approximate surface area is 292 Å². The van der Waals surface area contributed by atoms with E-state index in [1.165, 1.54) is 7.05 Å². The maximum Gasteiger partial charge on any atom is 0.232 e. The first-order valence-corrected chi connectivity index (χ1v) is 18.8. The number of allylic oxidation sites excluding steroid dienone is 3. The number of piperidine rings is 1. The van der Waals surface area contributed by atoms with Crippen molar-refractivity contribution in [2.75, 3.05) is 95.5 Å². The molecule has 15 heteroatoms. The molecule has 1 aromatic heterocycles. The van der Waals surface area contributed by atoms with E-state index in [2.05, 4.69) is 59.9 Å². The van der Waals surface area contributed by atoms with Gasteiger partial charge in [-0.3, -0.25) is 9.21 Å². The van der Waals surface area contributed by atoms with E-state index < -0.39 is 10.0 Å². The highest BCUT2D eigenvalue weighted by molar-refractivity contribution is 9.10. The van der Waals surface area contributed by atoms with Crippen molar-refractivity contribution in [3.8, 4) is 11.5 Å². The van der Waals surface area contributed by atoms with Crippen molar-refractivity contribution in [3.05, 3.63) is 58.7 Å². The van der Waals surface area contributed by atoms with Crippen molar-refractivity contribution in [1.29, 1.82) is 0 Å². The number of anilines is 4. The molecule has 0 amide bonds. The minimum atomic E-state index is -3.57. The van der Waals surface area contributed by atoms with Crippen molar-refractivity contribution in [3.63, 3.8) is 0 Å². The van der Waals surface area contributed by atoms with E-state index in [4.69, 9.17) is 19.2 Å². The first-order valence-electron chi connectivity index (χ1n) is 16.2. The molecule has 13 nitrogen and oxygen atoms in total. The van der Waals surface area contributed by atoms with Crippen LogP contribution in [-0.2, 0) is 14.8 Å². The fourth-order valence-corrected chi connectivity index (χ4v) is 6.69. The molecule has 3 aliphatic heterocycles. The lowest BCUT2D eigenvalue weighted by atomic mass is 10.0. The summed E-state index contributed by atoms with van der Waals surface area (Å²) in [6.07, 6.45) is 9.04. The second-order valence-corrected chi connectivity index (χ2v) is 15.2. The normalized spacial score (nSPS) is 21.2. The Balaban J connectivity index is 1.44. The zero-order valence-corrected chi connectivity index (χ0v) is 30.9. The number of sulfonamides is 1. The molecule has 0 spiro atoms. The molecule has 3 aliphatic rings. The second-order valence-electron chi connectivity index (χ2n) is 12.3. The van der Waals surface area contributed by atoms with Crippen LogP contribution in [0.15, 0.2) is 58.7 Å². The molecular formula is C33H47BrN8O5S. The van der Waals surface area contributed by atoms with Gasteiger partial charge < -0.3 is 34.6 Å². The number of piperazine rings is 1. The number of nitrogens with zero attached hydrogens (tertiary/aromatic N) is 6. The van der Waals surface area contributed by atoms with Crippen LogP contribution in [0.3, 0.4) is 0 Å². The Morgan fingerprint density at radius 2 is 1.79 bits per heavy atom. The van der Waals surface area contributed by atoms with Gasteiger partial charge in [-0.2, -0.15) is 4.98 Å². The molecule has 0 saturated carbocycles. The number of ether oxygens (including phenoxy) is 3. The van der Waals surface area contributed by atoms with Gasteiger partial charge >= 0.3 is 0 Å². The number of fused-ring (bicyclic) bond motifs is 4. The van der Waals surface area contributed by atoms with Crippen molar-refractivity contribution in [1.82, 2.24) is 24.1 Å². The van der Waals surface area contributed by atoms with E-state index in [0.29, 0.717) is 64.8 Å². The van der Waals surface area contributed by atoms with Gasteiger partial charge in [0, 0.05) is 77.1 Å². The van der Waals surface area contributed by atoms with Crippen molar-refractivity contribution in [2.24, 2.45) is 0 Å². The molecular weight excluding hydrogens is 700 g/mol. The van der Waals surface area contributed by atoms with Crippen molar-refractivity contribution >= 4 is 49.1 Å². The quantitative estimate of drug-likeness (QED) is 0.429. The summed E-state index contributed by atoms with van der Waals surface area (Å²) in [5.41, 5.74) is 2.27. The van der Waals surface area contributed by atoms with Gasteiger partial charge in [0.05, 0.1) is 59.6 Å². The third kappa shape index (κ3) is 8.92. The van der Waals surface area contributed by atoms with Crippen LogP contribution in [0.4, 0.5) is 23.1 Å². The van der Waals surface area contributed by atoms with Crippen LogP contribution in [0.1, 0.15) is 26.2 Å². The van der Waals surface area contributed by atoms with Gasteiger partial charge in [-0.25, -0.2) is 13.4 Å². The predicted octanol–water partition coefficient (Wildman–Crippen LogP) is 4.61. The van der Waals surface area contributed by atoms with E-state index in [-0.39, 0.29) is 5.70 Å². The van der Waals surface area contributed by atoms with Gasteiger partial charge in [0.2, 0.25) is 16.0 Å². The topological polar surface area (TPSA) is 125 Å². The highest BCUT2D eigenvalue weighted by atomic mass is 79.9. The SMILES string of the molecule is C=C(/C1=C\C=C(/C)OCCCOc2cc(c(OC)cc2N2CCC(N3CCN(C)CC3)CC2)Nc2ncc(Br)c(n2)N1)N(C)S(C)(=O)=O. The largest absolute Gasteiger partial charge is 0.498 e. The summed E-state index contributed by atoms with van der Waals surface area (Å²) in [6, 6.07) is 4.56. The summed E-state index contributed by atoms with van der Waals surface area (Å²) in [7, 11) is 1.71. The molecule has 4 heterocycles. The lowest BCUT2D eigenvalue weighted by Crippen LogP contribution is -2.52. The molecule has 5 rings (SSSR count). The zero-order chi connectivity index (χ0) is 34.4. The molecule has 0 radical (unpaired) electrons. The Hall–Kier alpha value is -3.53. The Morgan fingerprint density at radius 3 is 2.48 bits per heavy atom. The summed E-state index contributed by atoms with van der Waals surface area (Å²) in [6.45, 7) is 13.1. The predicted molar refractivity (Wildman–Crippen MR) is 194 cm³/mol. The minimum absolute atomic E-state index is 0.224. The molecule has 2 aromatic rings. The van der Waals surface area contributed by atoms with Gasteiger partial charge in [-0.05, 0) is 54.9 Å². The molecule has 2 N–H and O–H groups in total. The molecule has 48 heavy (non-hydrogen) atoms. The maximum atomic E-state index is 12.3.